The van der Waals surface area contributed by atoms with E-state index in [2.05, 4.69) is 42.9 Å². The second kappa shape index (κ2) is 40.4. The van der Waals surface area contributed by atoms with Gasteiger partial charge in [-0.1, -0.05) is 47.6 Å². The van der Waals surface area contributed by atoms with Crippen molar-refractivity contribution in [1.29, 1.82) is 0 Å². The van der Waals surface area contributed by atoms with Gasteiger partial charge in [0, 0.05) is 92.4 Å². The van der Waals surface area contributed by atoms with E-state index in [4.69, 9.17) is 14.6 Å². The number of nitrogens with one attached hydrogen (secondary N) is 2. The zero-order valence-electron chi connectivity index (χ0n) is 38.5. The number of pyridine rings is 1. The molecule has 1 unspecified atom stereocenters. The number of aldehydes is 2. The number of ether oxygens (including phenoxy) is 1. The zero-order valence-corrected chi connectivity index (χ0v) is 42.2. The number of likely N-dealkylation sites (tertiary alicyclic amines) is 1. The van der Waals surface area contributed by atoms with E-state index in [-0.39, 0.29) is 84.0 Å². The molecule has 2 aromatic carbocycles. The molecule has 0 spiro atoms. The van der Waals surface area contributed by atoms with Crippen LogP contribution in [0.2, 0.25) is 0 Å². The number of hydrogen-bond acceptors (Lipinski definition) is 8. The molecule has 3 aromatic rings. The molecule has 0 saturated carbocycles. The molecule has 1 fully saturated rings. The van der Waals surface area contributed by atoms with Gasteiger partial charge in [0.2, 0.25) is 0 Å². The summed E-state index contributed by atoms with van der Waals surface area (Å²) in [5.74, 6) is 0.432. The number of carboxylic acid groups (broad SMARTS) is 1. The molecule has 0 amide bonds. The third kappa shape index (κ3) is 27.5. The summed E-state index contributed by atoms with van der Waals surface area (Å²) in [6.07, 6.45) is 6.98. The SMILES string of the molecule is C=CC.CC.CC(C)C.CCC(NC)c1cc(-c2c(C)cc(F)cc2C)cc(C)c1F.CNCC=O.COC1CN(CCCn2cccc(C=O)c2=O)C1.O=CO.[CH3-].[Pr]. The molecule has 1 radical (unpaired) electrons. The first-order valence-corrected chi connectivity index (χ1v) is 19.5. The fourth-order valence-corrected chi connectivity index (χ4v) is 5.36. The number of likely N-dealkylation sites (N-methyl/N-ethyl adjacent to an activating group) is 1. The van der Waals surface area contributed by atoms with Gasteiger partial charge in [0.05, 0.1) is 18.2 Å². The Bertz CT molecular complexity index is 1580. The maximum Gasteiger partial charge on any atom is 0.290 e. The van der Waals surface area contributed by atoms with Crippen LogP contribution in [0.5, 0.6) is 0 Å². The molecule has 1 atom stereocenters. The van der Waals surface area contributed by atoms with Gasteiger partial charge in [-0.15, -0.1) is 6.58 Å². The van der Waals surface area contributed by atoms with E-state index in [1.165, 1.54) is 12.1 Å². The Morgan fingerprint density at radius 2 is 1.49 bits per heavy atom. The quantitative estimate of drug-likeness (QED) is 0.0926. The first-order valence-electron chi connectivity index (χ1n) is 19.5. The summed E-state index contributed by atoms with van der Waals surface area (Å²) in [6.45, 7) is 27.1. The maximum atomic E-state index is 14.5. The minimum Gasteiger partial charge on any atom is -0.483 e. The van der Waals surface area contributed by atoms with Gasteiger partial charge < -0.3 is 37.3 Å². The van der Waals surface area contributed by atoms with E-state index in [9.17, 15) is 23.2 Å². The van der Waals surface area contributed by atoms with E-state index in [0.717, 1.165) is 66.9 Å². The van der Waals surface area contributed by atoms with Gasteiger partial charge in [-0.3, -0.25) is 19.3 Å². The average molecular weight is 959 g/mol. The van der Waals surface area contributed by atoms with Crippen LogP contribution >= 0.6 is 0 Å². The summed E-state index contributed by atoms with van der Waals surface area (Å²) in [7, 11) is 5.30. The normalized spacial score (nSPS) is 11.5. The van der Waals surface area contributed by atoms with Crippen molar-refractivity contribution in [1.82, 2.24) is 20.1 Å². The van der Waals surface area contributed by atoms with Crippen LogP contribution in [-0.2, 0) is 20.9 Å². The number of methoxy groups -OCH3 is 1. The number of carbonyl (C=O) groups excluding carboxylic acids is 2. The van der Waals surface area contributed by atoms with Crippen LogP contribution in [0.25, 0.3) is 11.1 Å². The van der Waals surface area contributed by atoms with Crippen LogP contribution in [0, 0.1) is 87.0 Å². The van der Waals surface area contributed by atoms with Gasteiger partial charge >= 0.3 is 0 Å². The van der Waals surface area contributed by atoms with Crippen LogP contribution in [0.3, 0.4) is 0 Å². The molecular weight excluding hydrogens is 883 g/mol. The van der Waals surface area contributed by atoms with Gasteiger partial charge in [0.1, 0.15) is 17.9 Å². The smallest absolute Gasteiger partial charge is 0.290 e. The van der Waals surface area contributed by atoms with Crippen LogP contribution in [0.4, 0.5) is 8.78 Å². The number of aryl methyl sites for hydroxylation is 4. The van der Waals surface area contributed by atoms with Gasteiger partial charge in [-0.25, -0.2) is 8.78 Å². The second-order valence-corrected chi connectivity index (χ2v) is 13.4. The van der Waals surface area contributed by atoms with Gasteiger partial charge in [-0.05, 0) is 125 Å². The van der Waals surface area contributed by atoms with Crippen molar-refractivity contribution < 1.29 is 74.3 Å². The molecule has 333 valence electrons. The molecule has 3 N–H and O–H groups in total. The topological polar surface area (TPSA) is 130 Å². The molecule has 1 saturated heterocycles. The number of carbonyl (C=O) groups is 3. The molecule has 4 rings (SSSR count). The zero-order chi connectivity index (χ0) is 44.5. The van der Waals surface area contributed by atoms with Crippen molar-refractivity contribution in [2.75, 3.05) is 47.4 Å². The summed E-state index contributed by atoms with van der Waals surface area (Å²) in [6, 6.07) is 10.0. The summed E-state index contributed by atoms with van der Waals surface area (Å²) < 4.78 is 34.8. The molecule has 59 heavy (non-hydrogen) atoms. The van der Waals surface area contributed by atoms with Gasteiger partial charge in [-0.2, -0.15) is 0 Å². The number of rotatable bonds is 12. The Kier molecular flexibility index (Phi) is 44.6. The standard InChI is InChI=1S/C19H23F2N.C13H18N2O3.C4H10.C3H7NO.C3H6.C2H6.CH2O2.CH3.Pr/c1-6-17(22-5)16-10-14(7-13(4)19(16)21)18-11(2)8-15(20)9-12(18)3;1-18-12-8-14(9-12)5-3-7-15-6-2-4-11(10-16)13(15)17;1-4(2)3;1-4-2-3-5;1-3-2;1-2;2-1-3;;/h7-10,17,22H,6H2,1-5H3;2,4,6,10,12H,3,5,7-9H2,1H3;4H,1-3H3;3-4H,2H2,1H3;3H,1H2,2H3;1-2H3;1H,(H,2,3);1H3;/q;;;;;;;-1;. The predicted octanol–water partition coefficient (Wildman–Crippen LogP) is 9.05. The summed E-state index contributed by atoms with van der Waals surface area (Å²) >= 11 is 0. The van der Waals surface area contributed by atoms with Crippen LogP contribution in [-0.4, -0.2) is 87.1 Å². The molecule has 2 heterocycles. The third-order valence-electron chi connectivity index (χ3n) is 7.80. The maximum absolute atomic E-state index is 14.5. The van der Waals surface area contributed by atoms with Crippen LogP contribution < -0.4 is 16.2 Å². The molecule has 1 aliphatic rings. The van der Waals surface area contributed by atoms with E-state index in [1.807, 2.05) is 60.7 Å². The first-order chi connectivity index (χ1) is 27.1. The Hall–Kier alpha value is -3.00. The van der Waals surface area contributed by atoms with E-state index < -0.39 is 0 Å². The minimum atomic E-state index is -0.250. The molecule has 1 aliphatic heterocycles. The Morgan fingerprint density at radius 1 is 0.983 bits per heavy atom. The third-order valence-corrected chi connectivity index (χ3v) is 7.80. The molecule has 0 aliphatic carbocycles. The van der Waals surface area contributed by atoms with Crippen molar-refractivity contribution in [2.45, 2.75) is 101 Å². The number of allylic oxidation sites excluding steroid dienone is 1. The van der Waals surface area contributed by atoms with E-state index in [1.54, 1.807) is 50.1 Å². The number of nitrogens with zero attached hydrogens (tertiary/aromatic N) is 2. The predicted molar refractivity (Wildman–Crippen MR) is 239 cm³/mol. The van der Waals surface area contributed by atoms with E-state index in [0.29, 0.717) is 36.6 Å². The average Bonchev–Trinajstić information content (AvgIpc) is 3.14. The fraction of sp³-hybridized carbons (Fsp3) is 0.500. The second-order valence-electron chi connectivity index (χ2n) is 13.4. The summed E-state index contributed by atoms with van der Waals surface area (Å²) in [4.78, 5) is 42.4. The molecular formula is C46H75F2N4O6Pr-. The Labute approximate surface area is 388 Å². The fourth-order valence-electron chi connectivity index (χ4n) is 5.36. The first kappa shape index (κ1) is 65.1. The summed E-state index contributed by atoms with van der Waals surface area (Å²) in [5.41, 5.74) is 4.97. The molecule has 1 aromatic heterocycles. The van der Waals surface area contributed by atoms with Gasteiger partial charge in [0.25, 0.3) is 12.0 Å². The van der Waals surface area contributed by atoms with Crippen molar-refractivity contribution in [3.8, 4) is 11.1 Å². The van der Waals surface area contributed by atoms with Crippen molar-refractivity contribution in [3.05, 3.63) is 112 Å². The molecule has 13 heteroatoms. The van der Waals surface area contributed by atoms with Crippen molar-refractivity contribution in [3.63, 3.8) is 0 Å². The van der Waals surface area contributed by atoms with Crippen molar-refractivity contribution >= 4 is 19.0 Å². The van der Waals surface area contributed by atoms with Crippen molar-refractivity contribution in [2.24, 2.45) is 5.92 Å². The van der Waals surface area contributed by atoms with Crippen LogP contribution in [0.15, 0.2) is 60.0 Å². The number of aromatic nitrogens is 1. The summed E-state index contributed by atoms with van der Waals surface area (Å²) in [5, 5.41) is 12.7. The van der Waals surface area contributed by atoms with Crippen LogP contribution in [0.1, 0.15) is 100.0 Å². The monoisotopic (exact) mass is 958 g/mol. The Morgan fingerprint density at radius 3 is 1.88 bits per heavy atom. The van der Waals surface area contributed by atoms with E-state index >= 15 is 0 Å². The molecule has 0 bridgehead atoms. The number of halogens is 2. The number of hydrogen-bond donors (Lipinski definition) is 3. The molecule has 10 nitrogen and oxygen atoms in total. The largest absolute Gasteiger partial charge is 0.483 e. The number of benzene rings is 2. The minimum absolute atomic E-state index is 0. The van der Waals surface area contributed by atoms with Gasteiger partial charge in [0.15, 0.2) is 6.29 Å². The Balaban J connectivity index is -0.000000234.